The van der Waals surface area contributed by atoms with Gasteiger partial charge < -0.3 is 4.43 Å². The first-order chi connectivity index (χ1) is 9.62. The molecule has 2 unspecified atom stereocenters. The maximum atomic E-state index is 14.3. The molecule has 0 aromatic rings. The maximum Gasteiger partial charge on any atom is 0.200 e. The molecule has 0 spiro atoms. The highest BCUT2D eigenvalue weighted by molar-refractivity contribution is 6.77. The van der Waals surface area contributed by atoms with E-state index >= 15 is 0 Å². The molecule has 0 fully saturated rings. The standard InChI is InChI=1S/C18H33FOSi/c1-12(2)21(13(3)4,14(5)6)20-11-17-16(8)9-15(7)10-18(17)19/h9-10,12-14,16-17H,11H2,1-8H3. The van der Waals surface area contributed by atoms with Crippen molar-refractivity contribution in [3.05, 3.63) is 23.6 Å². The van der Waals surface area contributed by atoms with E-state index in [9.17, 15) is 4.39 Å². The van der Waals surface area contributed by atoms with Crippen LogP contribution in [0.4, 0.5) is 4.39 Å². The molecule has 0 amide bonds. The zero-order chi connectivity index (χ0) is 16.4. The topological polar surface area (TPSA) is 9.23 Å². The average Bonchev–Trinajstić information content (AvgIpc) is 2.30. The van der Waals surface area contributed by atoms with Crippen molar-refractivity contribution in [3.8, 4) is 0 Å². The molecule has 0 saturated carbocycles. The smallest absolute Gasteiger partial charge is 0.200 e. The zero-order valence-electron chi connectivity index (χ0n) is 15.0. The summed E-state index contributed by atoms with van der Waals surface area (Å²) in [6, 6.07) is 0. The molecule has 0 heterocycles. The Balaban J connectivity index is 2.91. The highest BCUT2D eigenvalue weighted by Gasteiger charge is 2.45. The van der Waals surface area contributed by atoms with Crippen molar-refractivity contribution in [3.63, 3.8) is 0 Å². The Labute approximate surface area is 131 Å². The van der Waals surface area contributed by atoms with Crippen molar-refractivity contribution in [1.29, 1.82) is 0 Å². The molecule has 0 radical (unpaired) electrons. The van der Waals surface area contributed by atoms with Crippen LogP contribution >= 0.6 is 0 Å². The Hall–Kier alpha value is -0.413. The van der Waals surface area contributed by atoms with Gasteiger partial charge >= 0.3 is 0 Å². The van der Waals surface area contributed by atoms with Crippen molar-refractivity contribution in [1.82, 2.24) is 0 Å². The van der Waals surface area contributed by atoms with Gasteiger partial charge in [0.05, 0.1) is 0 Å². The predicted molar refractivity (Wildman–Crippen MR) is 92.6 cm³/mol. The molecule has 1 aliphatic rings. The molecule has 1 nitrogen and oxygen atoms in total. The molecule has 0 bridgehead atoms. The van der Waals surface area contributed by atoms with E-state index in [-0.39, 0.29) is 17.7 Å². The predicted octanol–water partition coefficient (Wildman–Crippen LogP) is 6.24. The van der Waals surface area contributed by atoms with E-state index in [1.165, 1.54) is 0 Å². The summed E-state index contributed by atoms with van der Waals surface area (Å²) in [5, 5.41) is 0. The van der Waals surface area contributed by atoms with Gasteiger partial charge in [-0.1, -0.05) is 60.1 Å². The van der Waals surface area contributed by atoms with Gasteiger partial charge in [0.25, 0.3) is 0 Å². The van der Waals surface area contributed by atoms with Crippen LogP contribution in [0.1, 0.15) is 55.4 Å². The quantitative estimate of drug-likeness (QED) is 0.527. The summed E-state index contributed by atoms with van der Waals surface area (Å²) in [5.41, 5.74) is 2.65. The van der Waals surface area contributed by atoms with Crippen LogP contribution in [-0.4, -0.2) is 14.9 Å². The summed E-state index contributed by atoms with van der Waals surface area (Å²) >= 11 is 0. The van der Waals surface area contributed by atoms with Crippen LogP contribution in [0.25, 0.3) is 0 Å². The Bertz CT molecular complexity index is 388. The van der Waals surface area contributed by atoms with Gasteiger partial charge in [-0.3, -0.25) is 0 Å². The molecule has 3 heteroatoms. The minimum absolute atomic E-state index is 0.0123. The monoisotopic (exact) mass is 312 g/mol. The lowest BCUT2D eigenvalue weighted by atomic mass is 9.87. The lowest BCUT2D eigenvalue weighted by molar-refractivity contribution is 0.198. The van der Waals surface area contributed by atoms with Gasteiger partial charge in [-0.2, -0.15) is 0 Å². The number of allylic oxidation sites excluding steroid dienone is 3. The lowest BCUT2D eigenvalue weighted by Gasteiger charge is -2.43. The van der Waals surface area contributed by atoms with Crippen LogP contribution in [0.5, 0.6) is 0 Å². The second-order valence-corrected chi connectivity index (χ2v) is 13.0. The van der Waals surface area contributed by atoms with Crippen LogP contribution < -0.4 is 0 Å². The van der Waals surface area contributed by atoms with E-state index in [0.717, 1.165) is 5.57 Å². The molecule has 2 atom stereocenters. The van der Waals surface area contributed by atoms with Crippen molar-refractivity contribution in [2.45, 2.75) is 72.0 Å². The third-order valence-corrected chi connectivity index (χ3v) is 11.2. The van der Waals surface area contributed by atoms with Crippen LogP contribution in [-0.2, 0) is 4.43 Å². The van der Waals surface area contributed by atoms with E-state index in [0.29, 0.717) is 23.2 Å². The molecule has 1 rings (SSSR count). The largest absolute Gasteiger partial charge is 0.415 e. The molecule has 0 aromatic heterocycles. The van der Waals surface area contributed by atoms with E-state index in [1.54, 1.807) is 6.08 Å². The fraction of sp³-hybridized carbons (Fsp3) is 0.778. The molecular weight excluding hydrogens is 279 g/mol. The average molecular weight is 313 g/mol. The summed E-state index contributed by atoms with van der Waals surface area (Å²) in [6.07, 6.45) is 3.82. The Kier molecular flexibility index (Phi) is 6.42. The van der Waals surface area contributed by atoms with Crippen LogP contribution in [0.3, 0.4) is 0 Å². The third-order valence-electron chi connectivity index (χ3n) is 5.10. The highest BCUT2D eigenvalue weighted by Crippen LogP contribution is 2.43. The molecule has 122 valence electrons. The Morgan fingerprint density at radius 2 is 1.57 bits per heavy atom. The Morgan fingerprint density at radius 3 is 1.95 bits per heavy atom. The zero-order valence-corrected chi connectivity index (χ0v) is 16.0. The third kappa shape index (κ3) is 3.87. The molecule has 1 aliphatic carbocycles. The molecule has 0 aliphatic heterocycles. The number of rotatable bonds is 6. The Morgan fingerprint density at radius 1 is 1.10 bits per heavy atom. The normalized spacial score (nSPS) is 23.8. The fourth-order valence-electron chi connectivity index (χ4n) is 4.12. The van der Waals surface area contributed by atoms with Gasteiger partial charge in [-0.25, -0.2) is 4.39 Å². The molecular formula is C18H33FOSi. The summed E-state index contributed by atoms with van der Waals surface area (Å²) < 4.78 is 20.8. The van der Waals surface area contributed by atoms with Crippen molar-refractivity contribution in [2.24, 2.45) is 11.8 Å². The van der Waals surface area contributed by atoms with Crippen LogP contribution in [0.15, 0.2) is 23.6 Å². The first-order valence-electron chi connectivity index (χ1n) is 8.32. The number of halogens is 1. The summed E-state index contributed by atoms with van der Waals surface area (Å²) in [5.74, 6) is 0.0895. The minimum atomic E-state index is -1.90. The minimum Gasteiger partial charge on any atom is -0.415 e. The lowest BCUT2D eigenvalue weighted by Crippen LogP contribution is -2.49. The van der Waals surface area contributed by atoms with Gasteiger partial charge in [-0.15, -0.1) is 0 Å². The first-order valence-corrected chi connectivity index (χ1v) is 10.5. The van der Waals surface area contributed by atoms with Crippen LogP contribution in [0, 0.1) is 11.8 Å². The van der Waals surface area contributed by atoms with Gasteiger partial charge in [0.15, 0.2) is 8.32 Å². The number of hydrogen-bond acceptors (Lipinski definition) is 1. The van der Waals surface area contributed by atoms with Crippen molar-refractivity contribution in [2.75, 3.05) is 6.61 Å². The molecule has 21 heavy (non-hydrogen) atoms. The van der Waals surface area contributed by atoms with E-state index in [4.69, 9.17) is 4.43 Å². The fourth-order valence-corrected chi connectivity index (χ4v) is 9.59. The van der Waals surface area contributed by atoms with E-state index < -0.39 is 8.32 Å². The molecule has 0 N–H and O–H groups in total. The van der Waals surface area contributed by atoms with Gasteiger partial charge in [-0.05, 0) is 35.5 Å². The summed E-state index contributed by atoms with van der Waals surface area (Å²) in [7, 11) is -1.90. The highest BCUT2D eigenvalue weighted by atomic mass is 28.4. The van der Waals surface area contributed by atoms with E-state index in [1.807, 2.05) is 6.92 Å². The second-order valence-electron chi connectivity index (χ2n) is 7.53. The summed E-state index contributed by atoms with van der Waals surface area (Å²) in [6.45, 7) is 18.2. The molecule has 0 saturated heterocycles. The van der Waals surface area contributed by atoms with Crippen molar-refractivity contribution < 1.29 is 8.82 Å². The SMILES string of the molecule is CC1=CC(C)C(CO[Si](C(C)C)(C(C)C)C(C)C)C(F)=C1. The maximum absolute atomic E-state index is 14.3. The summed E-state index contributed by atoms with van der Waals surface area (Å²) in [4.78, 5) is 0. The first kappa shape index (κ1) is 18.6. The van der Waals surface area contributed by atoms with Crippen LogP contribution in [0.2, 0.25) is 16.6 Å². The van der Waals surface area contributed by atoms with Crippen molar-refractivity contribution >= 4 is 8.32 Å². The second kappa shape index (κ2) is 7.23. The number of hydrogen-bond donors (Lipinski definition) is 0. The van der Waals surface area contributed by atoms with E-state index in [2.05, 4.69) is 54.5 Å². The molecule has 0 aromatic carbocycles. The van der Waals surface area contributed by atoms with Gasteiger partial charge in [0, 0.05) is 12.5 Å². The van der Waals surface area contributed by atoms with Gasteiger partial charge in [0.2, 0.25) is 0 Å². The van der Waals surface area contributed by atoms with Gasteiger partial charge in [0.1, 0.15) is 5.83 Å².